The second-order valence-electron chi connectivity index (χ2n) is 7.16. The van der Waals surface area contributed by atoms with Gasteiger partial charge < -0.3 is 10.2 Å². The highest BCUT2D eigenvalue weighted by molar-refractivity contribution is 8.00. The molecule has 2 heterocycles. The first kappa shape index (κ1) is 22.2. The molecule has 0 fully saturated rings. The lowest BCUT2D eigenvalue weighted by molar-refractivity contribution is -0.132. The van der Waals surface area contributed by atoms with E-state index in [0.29, 0.717) is 0 Å². The largest absolute Gasteiger partial charge is 0.335 e. The number of aryl methyl sites for hydroxylation is 3. The van der Waals surface area contributed by atoms with Crippen LogP contribution < -0.4 is 5.32 Å². The number of para-hydroxylation sites is 1. The zero-order valence-corrected chi connectivity index (χ0v) is 19.5. The lowest BCUT2D eigenvalue weighted by atomic mass is 10.1. The SMILES string of the molecule is CCc1ccccc1NC(=O)CN(C)C(=O)C(C)Sc1ncnc2sc(C)c(C)c12. The first-order valence-corrected chi connectivity index (χ1v) is 11.5. The Morgan fingerprint density at radius 3 is 2.70 bits per heavy atom. The quantitative estimate of drug-likeness (QED) is 0.432. The maximum atomic E-state index is 12.9. The first-order valence-electron chi connectivity index (χ1n) is 9.81. The number of likely N-dealkylation sites (N-methyl/N-ethyl adjacent to an activating group) is 1. The van der Waals surface area contributed by atoms with Crippen LogP contribution >= 0.6 is 23.1 Å². The van der Waals surface area contributed by atoms with Gasteiger partial charge >= 0.3 is 0 Å². The van der Waals surface area contributed by atoms with E-state index in [9.17, 15) is 9.59 Å². The van der Waals surface area contributed by atoms with Gasteiger partial charge in [-0.1, -0.05) is 36.9 Å². The van der Waals surface area contributed by atoms with Gasteiger partial charge in [0.2, 0.25) is 11.8 Å². The van der Waals surface area contributed by atoms with Gasteiger partial charge in [0.25, 0.3) is 0 Å². The lowest BCUT2D eigenvalue weighted by Gasteiger charge is -2.21. The fourth-order valence-corrected chi connectivity index (χ4v) is 5.35. The van der Waals surface area contributed by atoms with E-state index in [0.717, 1.165) is 38.5 Å². The number of aromatic nitrogens is 2. The zero-order chi connectivity index (χ0) is 21.8. The van der Waals surface area contributed by atoms with Crippen molar-refractivity contribution >= 4 is 50.8 Å². The molecule has 2 aromatic heterocycles. The standard InChI is InChI=1S/C22H26N4O2S2/c1-6-16-9-7-8-10-17(16)25-18(27)11-26(5)22(28)15(4)30-21-19-13(2)14(3)29-20(19)23-12-24-21/h7-10,12,15H,6,11H2,1-5H3,(H,25,27). The summed E-state index contributed by atoms with van der Waals surface area (Å²) >= 11 is 3.04. The van der Waals surface area contributed by atoms with E-state index in [1.54, 1.807) is 24.7 Å². The van der Waals surface area contributed by atoms with Crippen LogP contribution in [0.4, 0.5) is 5.69 Å². The van der Waals surface area contributed by atoms with E-state index in [-0.39, 0.29) is 23.6 Å². The Morgan fingerprint density at radius 2 is 1.97 bits per heavy atom. The van der Waals surface area contributed by atoms with Crippen LogP contribution in [0.25, 0.3) is 10.2 Å². The predicted octanol–water partition coefficient (Wildman–Crippen LogP) is 4.45. The normalized spacial score (nSPS) is 12.0. The third-order valence-corrected chi connectivity index (χ3v) is 7.20. The van der Waals surface area contributed by atoms with Crippen molar-refractivity contribution in [1.82, 2.24) is 14.9 Å². The summed E-state index contributed by atoms with van der Waals surface area (Å²) in [7, 11) is 1.65. The second kappa shape index (κ2) is 9.57. The Bertz CT molecular complexity index is 1080. The van der Waals surface area contributed by atoms with E-state index in [4.69, 9.17) is 0 Å². The molecule has 0 spiro atoms. The minimum absolute atomic E-state index is 0.00243. The topological polar surface area (TPSA) is 75.2 Å². The molecule has 6 nitrogen and oxygen atoms in total. The molecule has 3 rings (SSSR count). The molecule has 3 aromatic rings. The minimum atomic E-state index is -0.372. The molecule has 158 valence electrons. The number of carbonyl (C=O) groups is 2. The van der Waals surface area contributed by atoms with E-state index in [2.05, 4.69) is 29.1 Å². The van der Waals surface area contributed by atoms with Crippen LogP contribution in [0.15, 0.2) is 35.6 Å². The molecule has 0 saturated heterocycles. The first-order chi connectivity index (χ1) is 14.3. The van der Waals surface area contributed by atoms with Crippen LogP contribution in [0.5, 0.6) is 0 Å². The van der Waals surface area contributed by atoms with E-state index >= 15 is 0 Å². The maximum absolute atomic E-state index is 12.9. The van der Waals surface area contributed by atoms with Gasteiger partial charge in [0.15, 0.2) is 0 Å². The third kappa shape index (κ3) is 4.82. The number of fused-ring (bicyclic) bond motifs is 1. The molecule has 1 atom stereocenters. The molecule has 0 saturated carbocycles. The third-order valence-electron chi connectivity index (χ3n) is 5.00. The summed E-state index contributed by atoms with van der Waals surface area (Å²) in [6.45, 7) is 8.00. The molecule has 0 aliphatic heterocycles. The molecular weight excluding hydrogens is 416 g/mol. The molecule has 30 heavy (non-hydrogen) atoms. The molecule has 1 unspecified atom stereocenters. The van der Waals surface area contributed by atoms with Gasteiger partial charge in [0, 0.05) is 23.0 Å². The highest BCUT2D eigenvalue weighted by Gasteiger charge is 2.23. The van der Waals surface area contributed by atoms with Crippen molar-refractivity contribution < 1.29 is 9.59 Å². The van der Waals surface area contributed by atoms with Crippen LogP contribution in [-0.2, 0) is 16.0 Å². The highest BCUT2D eigenvalue weighted by atomic mass is 32.2. The van der Waals surface area contributed by atoms with Crippen molar-refractivity contribution in [3.63, 3.8) is 0 Å². The Balaban J connectivity index is 1.65. The molecule has 1 aromatic carbocycles. The van der Waals surface area contributed by atoms with Crippen molar-refractivity contribution in [2.75, 3.05) is 18.9 Å². The number of carbonyl (C=O) groups excluding carboxylic acids is 2. The van der Waals surface area contributed by atoms with Gasteiger partial charge in [-0.15, -0.1) is 11.3 Å². The summed E-state index contributed by atoms with van der Waals surface area (Å²) < 4.78 is 0. The smallest absolute Gasteiger partial charge is 0.243 e. The fourth-order valence-electron chi connectivity index (χ4n) is 3.20. The zero-order valence-electron chi connectivity index (χ0n) is 17.9. The second-order valence-corrected chi connectivity index (χ2v) is 9.69. The number of thiophene rings is 1. The molecule has 0 aliphatic rings. The van der Waals surface area contributed by atoms with Crippen molar-refractivity contribution in [1.29, 1.82) is 0 Å². The number of nitrogens with zero attached hydrogens (tertiary/aromatic N) is 3. The van der Waals surface area contributed by atoms with Crippen molar-refractivity contribution in [3.05, 3.63) is 46.6 Å². The Labute approximate surface area is 185 Å². The number of nitrogens with one attached hydrogen (secondary N) is 1. The van der Waals surface area contributed by atoms with Crippen molar-refractivity contribution in [2.45, 2.75) is 44.4 Å². The summed E-state index contributed by atoms with van der Waals surface area (Å²) in [5.41, 5.74) is 3.01. The van der Waals surface area contributed by atoms with Crippen LogP contribution in [0, 0.1) is 13.8 Å². The number of hydrogen-bond acceptors (Lipinski definition) is 6. The summed E-state index contributed by atoms with van der Waals surface area (Å²) in [5.74, 6) is -0.326. The number of rotatable bonds is 7. The molecule has 1 N–H and O–H groups in total. The molecule has 8 heteroatoms. The van der Waals surface area contributed by atoms with Crippen LogP contribution in [0.2, 0.25) is 0 Å². The predicted molar refractivity (Wildman–Crippen MR) is 124 cm³/mol. The number of anilines is 1. The van der Waals surface area contributed by atoms with Crippen LogP contribution in [0.3, 0.4) is 0 Å². The van der Waals surface area contributed by atoms with Gasteiger partial charge in [0.05, 0.1) is 11.8 Å². The number of hydrogen-bond donors (Lipinski definition) is 1. The monoisotopic (exact) mass is 442 g/mol. The van der Waals surface area contributed by atoms with Crippen molar-refractivity contribution in [2.24, 2.45) is 0 Å². The van der Waals surface area contributed by atoms with E-state index in [1.807, 2.05) is 38.1 Å². The lowest BCUT2D eigenvalue weighted by Crippen LogP contribution is -2.39. The van der Waals surface area contributed by atoms with Gasteiger partial charge in [-0.05, 0) is 44.4 Å². The van der Waals surface area contributed by atoms with Gasteiger partial charge in [-0.3, -0.25) is 9.59 Å². The van der Waals surface area contributed by atoms with Gasteiger partial charge in [0.1, 0.15) is 16.2 Å². The van der Waals surface area contributed by atoms with Gasteiger partial charge in [-0.25, -0.2) is 9.97 Å². The summed E-state index contributed by atoms with van der Waals surface area (Å²) in [6, 6.07) is 7.70. The van der Waals surface area contributed by atoms with E-state index in [1.165, 1.54) is 21.5 Å². The maximum Gasteiger partial charge on any atom is 0.243 e. The summed E-state index contributed by atoms with van der Waals surface area (Å²) in [6.07, 6.45) is 2.37. The molecule has 0 aliphatic carbocycles. The van der Waals surface area contributed by atoms with E-state index < -0.39 is 0 Å². The number of thioether (sulfide) groups is 1. The molecule has 0 radical (unpaired) electrons. The number of amides is 2. The van der Waals surface area contributed by atoms with Crippen molar-refractivity contribution in [3.8, 4) is 0 Å². The summed E-state index contributed by atoms with van der Waals surface area (Å²) in [5, 5.41) is 4.36. The minimum Gasteiger partial charge on any atom is -0.335 e. The van der Waals surface area contributed by atoms with Gasteiger partial charge in [-0.2, -0.15) is 0 Å². The molecule has 2 amide bonds. The highest BCUT2D eigenvalue weighted by Crippen LogP contribution is 2.36. The Hall–Kier alpha value is -2.45. The molecule has 0 bridgehead atoms. The Morgan fingerprint density at radius 1 is 1.23 bits per heavy atom. The summed E-state index contributed by atoms with van der Waals surface area (Å²) in [4.78, 5) is 37.7. The Kier molecular flexibility index (Phi) is 7.10. The molecular formula is C22H26N4O2S2. The number of benzene rings is 1. The fraction of sp³-hybridized carbons (Fsp3) is 0.364. The van der Waals surface area contributed by atoms with Crippen LogP contribution in [-0.4, -0.2) is 45.5 Å². The van der Waals surface area contributed by atoms with Crippen LogP contribution in [0.1, 0.15) is 29.9 Å². The average molecular weight is 443 g/mol. The average Bonchev–Trinajstić information content (AvgIpc) is 3.02.